The molecule has 0 saturated heterocycles. The Labute approximate surface area is 217 Å². The van der Waals surface area contributed by atoms with Crippen molar-refractivity contribution in [3.05, 3.63) is 63.7 Å². The van der Waals surface area contributed by atoms with Crippen LogP contribution in [0.25, 0.3) is 0 Å². The first-order valence-electron chi connectivity index (χ1n) is 11.9. The van der Waals surface area contributed by atoms with Crippen LogP contribution in [0.2, 0.25) is 0 Å². The van der Waals surface area contributed by atoms with Crippen LogP contribution in [-0.2, 0) is 26.2 Å². The minimum atomic E-state index is -4.09. The molecule has 0 unspecified atom stereocenters. The molecule has 0 saturated carbocycles. The summed E-state index contributed by atoms with van der Waals surface area (Å²) in [7, 11) is -2.79. The van der Waals surface area contributed by atoms with Crippen LogP contribution in [0.5, 0.6) is 5.75 Å². The molecule has 0 bridgehead atoms. The Kier molecular flexibility index (Phi) is 10.4. The second-order valence-corrected chi connectivity index (χ2v) is 10.5. The van der Waals surface area contributed by atoms with Crippen molar-refractivity contribution in [2.75, 3.05) is 30.8 Å². The normalized spacial score (nSPS) is 11.9. The second-order valence-electron chi connectivity index (χ2n) is 8.55. The highest BCUT2D eigenvalue weighted by Crippen LogP contribution is 2.34. The van der Waals surface area contributed by atoms with Gasteiger partial charge in [-0.25, -0.2) is 8.42 Å². The van der Waals surface area contributed by atoms with E-state index in [1.54, 1.807) is 6.92 Å². The summed E-state index contributed by atoms with van der Waals surface area (Å²) in [6.45, 7) is 5.39. The van der Waals surface area contributed by atoms with Crippen LogP contribution in [0.3, 0.4) is 0 Å². The topological polar surface area (TPSA) is 139 Å². The van der Waals surface area contributed by atoms with Gasteiger partial charge >= 0.3 is 0 Å². The van der Waals surface area contributed by atoms with Gasteiger partial charge in [0.25, 0.3) is 5.69 Å². The quantitative estimate of drug-likeness (QED) is 0.308. The number of nitrogens with one attached hydrogen (secondary N) is 1. The number of hydrogen-bond acceptors (Lipinski definition) is 7. The van der Waals surface area contributed by atoms with Gasteiger partial charge in [-0.05, 0) is 37.0 Å². The highest BCUT2D eigenvalue weighted by molar-refractivity contribution is 7.92. The lowest BCUT2D eigenvalue weighted by Crippen LogP contribution is -2.52. The number of amides is 2. The molecule has 37 heavy (non-hydrogen) atoms. The maximum absolute atomic E-state index is 13.8. The van der Waals surface area contributed by atoms with Crippen LogP contribution < -0.4 is 14.4 Å². The Morgan fingerprint density at radius 1 is 1.16 bits per heavy atom. The Balaban J connectivity index is 2.56. The predicted molar refractivity (Wildman–Crippen MR) is 141 cm³/mol. The van der Waals surface area contributed by atoms with Gasteiger partial charge in [-0.3, -0.25) is 24.0 Å². The minimum Gasteiger partial charge on any atom is -0.495 e. The number of nitro benzene ring substituents is 1. The third-order valence-corrected chi connectivity index (χ3v) is 6.98. The number of sulfonamides is 1. The summed E-state index contributed by atoms with van der Waals surface area (Å²) in [4.78, 5) is 38.8. The van der Waals surface area contributed by atoms with E-state index in [0.717, 1.165) is 27.8 Å². The number of nitrogens with zero attached hydrogens (tertiary/aromatic N) is 3. The molecule has 1 N–H and O–H groups in total. The summed E-state index contributed by atoms with van der Waals surface area (Å²) in [5.74, 6) is -0.937. The van der Waals surface area contributed by atoms with Crippen molar-refractivity contribution < 1.29 is 27.7 Å². The lowest BCUT2D eigenvalue weighted by molar-refractivity contribution is -0.384. The van der Waals surface area contributed by atoms with Crippen LogP contribution in [0.4, 0.5) is 11.4 Å². The van der Waals surface area contributed by atoms with Crippen molar-refractivity contribution in [2.24, 2.45) is 0 Å². The lowest BCUT2D eigenvalue weighted by Gasteiger charge is -2.33. The van der Waals surface area contributed by atoms with Gasteiger partial charge in [-0.15, -0.1) is 0 Å². The van der Waals surface area contributed by atoms with Crippen molar-refractivity contribution in [3.8, 4) is 5.75 Å². The number of rotatable bonds is 13. The van der Waals surface area contributed by atoms with E-state index in [0.29, 0.717) is 19.4 Å². The average molecular weight is 535 g/mol. The number of benzene rings is 2. The molecule has 0 radical (unpaired) electrons. The molecule has 2 amide bonds. The highest BCUT2D eigenvalue weighted by Gasteiger charge is 2.33. The molecule has 2 aromatic rings. The maximum atomic E-state index is 13.8. The molecule has 0 spiro atoms. The van der Waals surface area contributed by atoms with Crippen molar-refractivity contribution in [1.82, 2.24) is 10.2 Å². The van der Waals surface area contributed by atoms with Crippen molar-refractivity contribution in [1.29, 1.82) is 0 Å². The van der Waals surface area contributed by atoms with Gasteiger partial charge in [0.1, 0.15) is 24.0 Å². The van der Waals surface area contributed by atoms with E-state index in [-0.39, 0.29) is 29.6 Å². The zero-order valence-electron chi connectivity index (χ0n) is 21.8. The van der Waals surface area contributed by atoms with Gasteiger partial charge in [-0.1, -0.05) is 38.1 Å². The Morgan fingerprint density at radius 2 is 1.84 bits per heavy atom. The highest BCUT2D eigenvalue weighted by atomic mass is 32.2. The van der Waals surface area contributed by atoms with E-state index in [4.69, 9.17) is 4.74 Å². The number of anilines is 1. The molecule has 0 aromatic heterocycles. The zero-order chi connectivity index (χ0) is 27.8. The summed E-state index contributed by atoms with van der Waals surface area (Å²) in [6.07, 6.45) is 1.91. The van der Waals surface area contributed by atoms with E-state index in [1.807, 2.05) is 38.1 Å². The fourth-order valence-electron chi connectivity index (χ4n) is 3.84. The molecule has 12 heteroatoms. The third-order valence-electron chi connectivity index (χ3n) is 5.86. The molecule has 0 fully saturated rings. The molecule has 2 aromatic carbocycles. The van der Waals surface area contributed by atoms with E-state index < -0.39 is 33.4 Å². The molecule has 0 heterocycles. The van der Waals surface area contributed by atoms with Gasteiger partial charge in [-0.2, -0.15) is 0 Å². The number of ether oxygens (including phenoxy) is 1. The number of carbonyl (C=O) groups is 2. The number of non-ortho nitro benzene ring substituents is 1. The third kappa shape index (κ3) is 7.66. The largest absolute Gasteiger partial charge is 0.495 e. The SMILES string of the molecule is CCCNC(=O)[C@@H](CC)N(Cc1ccccc1C)C(=O)CN(c1cc([N+](=O)[O-])ccc1OC)S(C)(=O)=O. The number of methoxy groups -OCH3 is 1. The van der Waals surface area contributed by atoms with Crippen LogP contribution in [0, 0.1) is 17.0 Å². The molecule has 2 rings (SSSR count). The lowest BCUT2D eigenvalue weighted by atomic mass is 10.1. The van der Waals surface area contributed by atoms with Gasteiger partial charge in [0.2, 0.25) is 21.8 Å². The molecule has 11 nitrogen and oxygen atoms in total. The van der Waals surface area contributed by atoms with Gasteiger partial charge in [0.05, 0.1) is 18.3 Å². The summed E-state index contributed by atoms with van der Waals surface area (Å²) in [5, 5.41) is 14.2. The number of nitro groups is 1. The minimum absolute atomic E-state index is 0.0435. The molecule has 0 aliphatic heterocycles. The van der Waals surface area contributed by atoms with Crippen molar-refractivity contribution in [3.63, 3.8) is 0 Å². The summed E-state index contributed by atoms with van der Waals surface area (Å²) >= 11 is 0. The smallest absolute Gasteiger partial charge is 0.271 e. The first-order valence-corrected chi connectivity index (χ1v) is 13.7. The maximum Gasteiger partial charge on any atom is 0.271 e. The Bertz CT molecular complexity index is 1230. The van der Waals surface area contributed by atoms with Crippen LogP contribution >= 0.6 is 0 Å². The monoisotopic (exact) mass is 534 g/mol. The summed E-state index contributed by atoms with van der Waals surface area (Å²) < 4.78 is 31.6. The fraction of sp³-hybridized carbons (Fsp3) is 0.440. The van der Waals surface area contributed by atoms with Crippen molar-refractivity contribution in [2.45, 2.75) is 46.2 Å². The van der Waals surface area contributed by atoms with Crippen molar-refractivity contribution >= 4 is 33.2 Å². The van der Waals surface area contributed by atoms with Crippen LogP contribution in [0.1, 0.15) is 37.8 Å². The summed E-state index contributed by atoms with van der Waals surface area (Å²) in [5.41, 5.74) is 1.20. The van der Waals surface area contributed by atoms with Gasteiger partial charge in [0.15, 0.2) is 0 Å². The number of carbonyl (C=O) groups excluding carboxylic acids is 2. The molecule has 1 atom stereocenters. The fourth-order valence-corrected chi connectivity index (χ4v) is 4.68. The predicted octanol–water partition coefficient (Wildman–Crippen LogP) is 3.01. The molecule has 0 aliphatic rings. The second kappa shape index (κ2) is 13.0. The van der Waals surface area contributed by atoms with Crippen LogP contribution in [0.15, 0.2) is 42.5 Å². The van der Waals surface area contributed by atoms with E-state index in [2.05, 4.69) is 5.32 Å². The molecule has 0 aliphatic carbocycles. The Morgan fingerprint density at radius 3 is 2.38 bits per heavy atom. The van der Waals surface area contributed by atoms with E-state index >= 15 is 0 Å². The van der Waals surface area contributed by atoms with E-state index in [9.17, 15) is 28.1 Å². The van der Waals surface area contributed by atoms with Gasteiger partial charge < -0.3 is 15.0 Å². The van der Waals surface area contributed by atoms with Gasteiger partial charge in [0, 0.05) is 25.2 Å². The molecular weight excluding hydrogens is 500 g/mol. The zero-order valence-corrected chi connectivity index (χ0v) is 22.6. The van der Waals surface area contributed by atoms with E-state index in [1.165, 1.54) is 24.1 Å². The standard InChI is InChI=1S/C25H34N4O7S/c1-6-14-26-25(31)21(7-2)27(16-19-11-9-8-10-18(19)3)24(30)17-28(37(5,34)35)22-15-20(29(32)33)12-13-23(22)36-4/h8-13,15,21H,6-7,14,16-17H2,1-5H3,(H,26,31)/t21-/m1/s1. The van der Waals surface area contributed by atoms with Crippen LogP contribution in [-0.4, -0.2) is 62.6 Å². The Hall–Kier alpha value is -3.67. The molecule has 202 valence electrons. The number of hydrogen-bond donors (Lipinski definition) is 1. The first-order chi connectivity index (χ1) is 17.4. The number of aryl methyl sites for hydroxylation is 1. The molecular formula is C25H34N4O7S. The first kappa shape index (κ1) is 29.6. The summed E-state index contributed by atoms with van der Waals surface area (Å²) in [6, 6.07) is 10.0. The average Bonchev–Trinajstić information content (AvgIpc) is 2.85.